The number of rotatable bonds is 4. The van der Waals surface area contributed by atoms with Crippen molar-refractivity contribution in [1.82, 2.24) is 10.5 Å². The third-order valence-corrected chi connectivity index (χ3v) is 3.53. The Balaban J connectivity index is 1.62. The van der Waals surface area contributed by atoms with Gasteiger partial charge in [-0.3, -0.25) is 4.79 Å². The number of hydrogen-bond acceptors (Lipinski definition) is 3. The molecule has 7 heteroatoms. The standard InChI is InChI=1S/C15H13F3N2O2/c16-15(17,18)11-5-1-9(2-6-11)7-19-14(21)12-8-20-22-13(12)10-3-4-10/h1-2,5-6,8,10H,3-4,7H2,(H,19,21). The zero-order valence-electron chi connectivity index (χ0n) is 11.5. The molecule has 116 valence electrons. The van der Waals surface area contributed by atoms with Crippen molar-refractivity contribution in [3.05, 3.63) is 52.9 Å². The first-order chi connectivity index (χ1) is 10.4. The lowest BCUT2D eigenvalue weighted by molar-refractivity contribution is -0.137. The summed E-state index contributed by atoms with van der Waals surface area (Å²) in [7, 11) is 0. The van der Waals surface area contributed by atoms with Crippen LogP contribution in [0.3, 0.4) is 0 Å². The maximum Gasteiger partial charge on any atom is 0.416 e. The van der Waals surface area contributed by atoms with Crippen LogP contribution in [0.5, 0.6) is 0 Å². The number of nitrogens with zero attached hydrogens (tertiary/aromatic N) is 1. The zero-order valence-corrected chi connectivity index (χ0v) is 11.5. The molecule has 0 unspecified atom stereocenters. The predicted octanol–water partition coefficient (Wildman–Crippen LogP) is 3.50. The highest BCUT2D eigenvalue weighted by atomic mass is 19.4. The summed E-state index contributed by atoms with van der Waals surface area (Å²) < 4.78 is 42.5. The lowest BCUT2D eigenvalue weighted by atomic mass is 10.1. The van der Waals surface area contributed by atoms with Gasteiger partial charge in [0.05, 0.1) is 11.8 Å². The molecule has 1 N–H and O–H groups in total. The number of carbonyl (C=O) groups excluding carboxylic acids is 1. The topological polar surface area (TPSA) is 55.1 Å². The van der Waals surface area contributed by atoms with E-state index in [2.05, 4.69) is 10.5 Å². The Morgan fingerprint density at radius 2 is 1.95 bits per heavy atom. The molecule has 1 aliphatic carbocycles. The SMILES string of the molecule is O=C(NCc1ccc(C(F)(F)F)cc1)c1cnoc1C1CC1. The lowest BCUT2D eigenvalue weighted by Gasteiger charge is -2.08. The first-order valence-electron chi connectivity index (χ1n) is 6.84. The monoisotopic (exact) mass is 310 g/mol. The highest BCUT2D eigenvalue weighted by molar-refractivity contribution is 5.95. The van der Waals surface area contributed by atoms with Crippen LogP contribution in [0.4, 0.5) is 13.2 Å². The minimum atomic E-state index is -4.36. The summed E-state index contributed by atoms with van der Waals surface area (Å²) in [5, 5.41) is 6.30. The van der Waals surface area contributed by atoms with Crippen LogP contribution in [0.2, 0.25) is 0 Å². The van der Waals surface area contributed by atoms with Crippen LogP contribution in [0.15, 0.2) is 35.0 Å². The first-order valence-corrected chi connectivity index (χ1v) is 6.84. The molecule has 0 radical (unpaired) electrons. The number of aromatic nitrogens is 1. The van der Waals surface area contributed by atoms with Crippen LogP contribution < -0.4 is 5.32 Å². The number of hydrogen-bond donors (Lipinski definition) is 1. The molecule has 1 amide bonds. The second-order valence-electron chi connectivity index (χ2n) is 5.26. The van der Waals surface area contributed by atoms with E-state index in [4.69, 9.17) is 4.52 Å². The number of benzene rings is 1. The molecule has 0 spiro atoms. The molecule has 4 nitrogen and oxygen atoms in total. The van der Waals surface area contributed by atoms with E-state index in [0.29, 0.717) is 16.9 Å². The van der Waals surface area contributed by atoms with Gasteiger partial charge in [-0.25, -0.2) is 0 Å². The van der Waals surface area contributed by atoms with Crippen molar-refractivity contribution in [2.24, 2.45) is 0 Å². The van der Waals surface area contributed by atoms with Gasteiger partial charge in [-0.15, -0.1) is 0 Å². The molecule has 3 rings (SSSR count). The third-order valence-electron chi connectivity index (χ3n) is 3.53. The third kappa shape index (κ3) is 3.13. The Morgan fingerprint density at radius 3 is 2.55 bits per heavy atom. The van der Waals surface area contributed by atoms with E-state index in [1.165, 1.54) is 18.3 Å². The molecule has 1 aromatic carbocycles. The van der Waals surface area contributed by atoms with Crippen LogP contribution in [0.1, 0.15) is 46.0 Å². The smallest absolute Gasteiger partial charge is 0.360 e. The predicted molar refractivity (Wildman–Crippen MR) is 71.1 cm³/mol. The molecule has 1 fully saturated rings. The number of carbonyl (C=O) groups is 1. The minimum Gasteiger partial charge on any atom is -0.360 e. The number of amides is 1. The molecule has 1 aromatic heterocycles. The normalized spacial score (nSPS) is 14.9. The largest absolute Gasteiger partial charge is 0.416 e. The Morgan fingerprint density at radius 1 is 1.27 bits per heavy atom. The zero-order chi connectivity index (χ0) is 15.7. The van der Waals surface area contributed by atoms with Crippen molar-refractivity contribution in [3.63, 3.8) is 0 Å². The van der Waals surface area contributed by atoms with Crippen molar-refractivity contribution in [2.45, 2.75) is 31.5 Å². The van der Waals surface area contributed by atoms with E-state index in [9.17, 15) is 18.0 Å². The maximum atomic E-state index is 12.5. The summed E-state index contributed by atoms with van der Waals surface area (Å²) in [6, 6.07) is 4.68. The Kier molecular flexibility index (Phi) is 3.64. The molecule has 1 heterocycles. The van der Waals surface area contributed by atoms with Crippen molar-refractivity contribution in [1.29, 1.82) is 0 Å². The van der Waals surface area contributed by atoms with E-state index in [1.807, 2.05) is 0 Å². The van der Waals surface area contributed by atoms with Gasteiger partial charge in [0, 0.05) is 12.5 Å². The van der Waals surface area contributed by atoms with E-state index >= 15 is 0 Å². The van der Waals surface area contributed by atoms with Gasteiger partial charge < -0.3 is 9.84 Å². The summed E-state index contributed by atoms with van der Waals surface area (Å²) >= 11 is 0. The van der Waals surface area contributed by atoms with Crippen molar-refractivity contribution < 1.29 is 22.5 Å². The maximum absolute atomic E-state index is 12.5. The van der Waals surface area contributed by atoms with Gasteiger partial charge in [-0.1, -0.05) is 17.3 Å². The average molecular weight is 310 g/mol. The fourth-order valence-corrected chi connectivity index (χ4v) is 2.15. The Hall–Kier alpha value is -2.31. The molecule has 1 saturated carbocycles. The van der Waals surface area contributed by atoms with Gasteiger partial charge in [-0.2, -0.15) is 13.2 Å². The van der Waals surface area contributed by atoms with Crippen LogP contribution in [0.25, 0.3) is 0 Å². The van der Waals surface area contributed by atoms with E-state index in [0.717, 1.165) is 25.0 Å². The molecule has 22 heavy (non-hydrogen) atoms. The average Bonchev–Trinajstić information content (AvgIpc) is 3.21. The van der Waals surface area contributed by atoms with Gasteiger partial charge >= 0.3 is 6.18 Å². The minimum absolute atomic E-state index is 0.145. The van der Waals surface area contributed by atoms with E-state index in [-0.39, 0.29) is 18.4 Å². The van der Waals surface area contributed by atoms with Crippen molar-refractivity contribution >= 4 is 5.91 Å². The first kappa shape index (κ1) is 14.6. The van der Waals surface area contributed by atoms with Crippen molar-refractivity contribution in [3.8, 4) is 0 Å². The van der Waals surface area contributed by atoms with Gasteiger partial charge in [-0.05, 0) is 30.5 Å². The van der Waals surface area contributed by atoms with Gasteiger partial charge in [0.2, 0.25) is 0 Å². The fraction of sp³-hybridized carbons (Fsp3) is 0.333. The molecular formula is C15H13F3N2O2. The van der Waals surface area contributed by atoms with Crippen LogP contribution in [0, 0.1) is 0 Å². The fourth-order valence-electron chi connectivity index (χ4n) is 2.15. The summed E-state index contributed by atoms with van der Waals surface area (Å²) in [4.78, 5) is 12.1. The van der Waals surface area contributed by atoms with Crippen LogP contribution in [-0.2, 0) is 12.7 Å². The van der Waals surface area contributed by atoms with Gasteiger partial charge in [0.25, 0.3) is 5.91 Å². The summed E-state index contributed by atoms with van der Waals surface area (Å²) in [6.45, 7) is 0.145. The summed E-state index contributed by atoms with van der Waals surface area (Å²) in [5.74, 6) is 0.516. The van der Waals surface area contributed by atoms with Gasteiger partial charge in [0.1, 0.15) is 5.56 Å². The second-order valence-corrected chi connectivity index (χ2v) is 5.26. The molecule has 0 aliphatic heterocycles. The van der Waals surface area contributed by atoms with Crippen molar-refractivity contribution in [2.75, 3.05) is 0 Å². The van der Waals surface area contributed by atoms with Crippen LogP contribution in [-0.4, -0.2) is 11.1 Å². The number of nitrogens with one attached hydrogen (secondary N) is 1. The van der Waals surface area contributed by atoms with Gasteiger partial charge in [0.15, 0.2) is 5.76 Å². The molecule has 0 bridgehead atoms. The quantitative estimate of drug-likeness (QED) is 0.940. The summed E-state index contributed by atoms with van der Waals surface area (Å²) in [5.41, 5.74) is 0.276. The summed E-state index contributed by atoms with van der Waals surface area (Å²) in [6.07, 6.45) is -1.03. The molecule has 2 aromatic rings. The van der Waals surface area contributed by atoms with E-state index in [1.54, 1.807) is 0 Å². The second kappa shape index (κ2) is 5.47. The lowest BCUT2D eigenvalue weighted by Crippen LogP contribution is -2.23. The highest BCUT2D eigenvalue weighted by Gasteiger charge is 2.32. The molecule has 0 atom stereocenters. The van der Waals surface area contributed by atoms with E-state index < -0.39 is 11.7 Å². The Labute approximate surface area is 124 Å². The molecule has 1 aliphatic rings. The molecular weight excluding hydrogens is 297 g/mol. The number of alkyl halides is 3. The number of halogens is 3. The van der Waals surface area contributed by atoms with Crippen LogP contribution >= 0.6 is 0 Å². The molecule has 0 saturated heterocycles. The highest BCUT2D eigenvalue weighted by Crippen LogP contribution is 2.41. The Bertz CT molecular complexity index is 673.